The average molecular weight is 598 g/mol. The fourth-order valence-electron chi connectivity index (χ4n) is 1.92. The van der Waals surface area contributed by atoms with E-state index in [9.17, 15) is 0 Å². The van der Waals surface area contributed by atoms with Gasteiger partial charge in [-0.15, -0.1) is 24.3 Å². The van der Waals surface area contributed by atoms with Crippen LogP contribution in [0.15, 0.2) is 152 Å². The van der Waals surface area contributed by atoms with Crippen LogP contribution in [0, 0.1) is 13.8 Å². The molecule has 0 spiro atoms. The Balaban J connectivity index is -0.000000324. The molecule has 0 fully saturated rings. The topological polar surface area (TPSA) is 0 Å². The first-order valence-corrected chi connectivity index (χ1v) is 9.53. The Morgan fingerprint density at radius 1 is 0.375 bits per heavy atom. The van der Waals surface area contributed by atoms with E-state index in [0.717, 1.165) is 11.1 Å². The van der Waals surface area contributed by atoms with E-state index in [1.165, 1.54) is 0 Å². The van der Waals surface area contributed by atoms with Gasteiger partial charge in [0.15, 0.2) is 0 Å². The maximum Gasteiger partial charge on any atom is 0 e. The van der Waals surface area contributed by atoms with E-state index in [2.05, 4.69) is 13.8 Å². The molecule has 3 radical (unpaired) electrons. The largest absolute Gasteiger partial charge is 0.214 e. The third-order valence-electron chi connectivity index (χ3n) is 3.35. The van der Waals surface area contributed by atoms with Crippen molar-refractivity contribution in [1.29, 1.82) is 0 Å². The van der Waals surface area contributed by atoms with E-state index in [0.29, 0.717) is 0 Å². The SMILES string of the molecule is [CH2-]c1ccccc1.[CH2-]c1ccccc1.[Co].[Co].[Rh].c1cc[cH-]c1.c1cc[cH-]c1.c1cc[cH-]c1. The van der Waals surface area contributed by atoms with Gasteiger partial charge in [-0.05, 0) is 0 Å². The summed E-state index contributed by atoms with van der Waals surface area (Å²) in [5, 5.41) is 0. The maximum absolute atomic E-state index is 3.72. The minimum absolute atomic E-state index is 0. The van der Waals surface area contributed by atoms with E-state index in [1.54, 1.807) is 0 Å². The Morgan fingerprint density at radius 2 is 0.594 bits per heavy atom. The van der Waals surface area contributed by atoms with Crippen molar-refractivity contribution in [2.75, 3.05) is 0 Å². The van der Waals surface area contributed by atoms with Crippen molar-refractivity contribution >= 4 is 0 Å². The molecule has 0 atom stereocenters. The van der Waals surface area contributed by atoms with Gasteiger partial charge in [0, 0.05) is 53.0 Å². The van der Waals surface area contributed by atoms with Gasteiger partial charge in [-0.25, -0.2) is 36.4 Å². The minimum Gasteiger partial charge on any atom is -0.214 e. The number of benzene rings is 2. The third kappa shape index (κ3) is 24.1. The maximum atomic E-state index is 3.72. The van der Waals surface area contributed by atoms with Crippen molar-refractivity contribution in [2.24, 2.45) is 0 Å². The monoisotopic (exact) mass is 598 g/mol. The van der Waals surface area contributed by atoms with Crippen LogP contribution in [0.3, 0.4) is 0 Å². The summed E-state index contributed by atoms with van der Waals surface area (Å²) in [6.07, 6.45) is 0. The number of hydrogen-bond donors (Lipinski definition) is 0. The van der Waals surface area contributed by atoms with E-state index in [4.69, 9.17) is 0 Å². The summed E-state index contributed by atoms with van der Waals surface area (Å²) in [6.45, 7) is 7.44. The molecule has 32 heavy (non-hydrogen) atoms. The van der Waals surface area contributed by atoms with E-state index < -0.39 is 0 Å². The third-order valence-corrected chi connectivity index (χ3v) is 3.35. The molecule has 3 heteroatoms. The number of rotatable bonds is 0. The van der Waals surface area contributed by atoms with Crippen molar-refractivity contribution in [3.8, 4) is 0 Å². The molecule has 0 heterocycles. The standard InChI is InChI=1S/2C7H7.3C5H5.2Co.Rh/c2*1-7-5-3-2-4-6-7;3*1-2-4-5-3-1;;;/h2*2-6H,1H2;3*1-5H;;;/q5*-1;;;. The van der Waals surface area contributed by atoms with E-state index in [1.807, 2.05) is 152 Å². The minimum atomic E-state index is 0. The van der Waals surface area contributed by atoms with Crippen molar-refractivity contribution in [1.82, 2.24) is 0 Å². The van der Waals surface area contributed by atoms with Gasteiger partial charge in [0.2, 0.25) is 0 Å². The average Bonchev–Trinajstić information content (AvgIpc) is 3.58. The van der Waals surface area contributed by atoms with Gasteiger partial charge in [-0.3, -0.25) is 0 Å². The Bertz CT molecular complexity index is 700. The van der Waals surface area contributed by atoms with Crippen LogP contribution in [0.5, 0.6) is 0 Å². The molecular formula is C29H29Co2Rh-5. The van der Waals surface area contributed by atoms with Crippen LogP contribution in [-0.2, 0) is 53.0 Å². The normalized spacial score (nSPS) is 7.50. The van der Waals surface area contributed by atoms with E-state index in [-0.39, 0.29) is 53.0 Å². The summed E-state index contributed by atoms with van der Waals surface area (Å²) in [7, 11) is 0. The van der Waals surface area contributed by atoms with Crippen LogP contribution in [0.1, 0.15) is 11.1 Å². The van der Waals surface area contributed by atoms with Crippen LogP contribution < -0.4 is 0 Å². The fourth-order valence-corrected chi connectivity index (χ4v) is 1.92. The second kappa shape index (κ2) is 26.9. The van der Waals surface area contributed by atoms with Crippen molar-refractivity contribution in [3.05, 3.63) is 177 Å². The van der Waals surface area contributed by atoms with E-state index >= 15 is 0 Å². The van der Waals surface area contributed by atoms with Crippen LogP contribution in [0.25, 0.3) is 0 Å². The molecule has 0 N–H and O–H groups in total. The summed E-state index contributed by atoms with van der Waals surface area (Å²) in [6, 6.07) is 49.7. The summed E-state index contributed by atoms with van der Waals surface area (Å²) >= 11 is 0. The summed E-state index contributed by atoms with van der Waals surface area (Å²) in [4.78, 5) is 0. The molecule has 0 saturated carbocycles. The molecule has 0 aliphatic carbocycles. The van der Waals surface area contributed by atoms with Gasteiger partial charge in [-0.2, -0.15) is 104 Å². The molecule has 177 valence electrons. The molecular weight excluding hydrogens is 569 g/mol. The smallest absolute Gasteiger partial charge is 0 e. The van der Waals surface area contributed by atoms with Crippen LogP contribution in [-0.4, -0.2) is 0 Å². The quantitative estimate of drug-likeness (QED) is 0.125. The summed E-state index contributed by atoms with van der Waals surface area (Å²) in [5.74, 6) is 0. The predicted octanol–water partition coefficient (Wildman–Crippen LogP) is 7.95. The van der Waals surface area contributed by atoms with Crippen molar-refractivity contribution in [3.63, 3.8) is 0 Å². The molecule has 0 bridgehead atoms. The van der Waals surface area contributed by atoms with Crippen LogP contribution >= 0.6 is 0 Å². The van der Waals surface area contributed by atoms with Crippen LogP contribution in [0.4, 0.5) is 0 Å². The first kappa shape index (κ1) is 34.5. The zero-order valence-corrected chi connectivity index (χ0v) is 21.6. The Labute approximate surface area is 228 Å². The van der Waals surface area contributed by atoms with Crippen molar-refractivity contribution < 1.29 is 53.0 Å². The Morgan fingerprint density at radius 3 is 0.688 bits per heavy atom. The zero-order valence-electron chi connectivity index (χ0n) is 17.8. The molecule has 5 rings (SSSR count). The summed E-state index contributed by atoms with van der Waals surface area (Å²) in [5.41, 5.74) is 2.14. The fraction of sp³-hybridized carbons (Fsp3) is 0. The molecule has 5 aromatic carbocycles. The van der Waals surface area contributed by atoms with Gasteiger partial charge in [0.05, 0.1) is 0 Å². The molecule has 0 amide bonds. The predicted molar refractivity (Wildman–Crippen MR) is 128 cm³/mol. The zero-order chi connectivity index (χ0) is 20.8. The Hall–Kier alpha value is -2.13. The van der Waals surface area contributed by atoms with Crippen molar-refractivity contribution in [2.45, 2.75) is 0 Å². The second-order valence-electron chi connectivity index (χ2n) is 5.86. The van der Waals surface area contributed by atoms with Gasteiger partial charge in [-0.1, -0.05) is 12.1 Å². The molecule has 0 aliphatic heterocycles. The second-order valence-corrected chi connectivity index (χ2v) is 5.86. The van der Waals surface area contributed by atoms with Gasteiger partial charge < -0.3 is 0 Å². The first-order chi connectivity index (χ1) is 14.3. The van der Waals surface area contributed by atoms with Gasteiger partial charge >= 0.3 is 0 Å². The molecule has 0 saturated heterocycles. The molecule has 0 aromatic heterocycles. The molecule has 0 aliphatic rings. The summed E-state index contributed by atoms with van der Waals surface area (Å²) < 4.78 is 0. The first-order valence-electron chi connectivity index (χ1n) is 9.53. The van der Waals surface area contributed by atoms with Gasteiger partial charge in [0.1, 0.15) is 0 Å². The van der Waals surface area contributed by atoms with Crippen LogP contribution in [0.2, 0.25) is 0 Å². The van der Waals surface area contributed by atoms with Gasteiger partial charge in [0.25, 0.3) is 0 Å². The number of hydrogen-bond acceptors (Lipinski definition) is 0. The molecule has 0 nitrogen and oxygen atoms in total. The Kier molecular flexibility index (Phi) is 29.0. The molecule has 0 unspecified atom stereocenters. The molecule has 5 aromatic rings.